The van der Waals surface area contributed by atoms with Crippen LogP contribution in [0.2, 0.25) is 0 Å². The van der Waals surface area contributed by atoms with Crippen molar-refractivity contribution < 1.29 is 14.4 Å². The van der Waals surface area contributed by atoms with Gasteiger partial charge in [0.2, 0.25) is 5.78 Å². The maximum Gasteiger partial charge on any atom is 0.309 e. The lowest BCUT2D eigenvalue weighted by molar-refractivity contribution is -0.139. The van der Waals surface area contributed by atoms with E-state index in [1.807, 2.05) is 11.4 Å². The lowest BCUT2D eigenvalue weighted by Crippen LogP contribution is -2.43. The van der Waals surface area contributed by atoms with Gasteiger partial charge in [-0.15, -0.1) is 22.7 Å². The molecule has 1 saturated carbocycles. The van der Waals surface area contributed by atoms with Crippen molar-refractivity contribution in [2.24, 2.45) is 0 Å². The molecule has 2 amide bonds. The predicted octanol–water partition coefficient (Wildman–Crippen LogP) is 2.72. The lowest BCUT2D eigenvalue weighted by atomic mass is 10.2. The molecule has 0 radical (unpaired) electrons. The van der Waals surface area contributed by atoms with Crippen LogP contribution in [0.25, 0.3) is 0 Å². The molecule has 7 heteroatoms. The number of thiophene rings is 2. The molecule has 2 aromatic rings. The summed E-state index contributed by atoms with van der Waals surface area (Å²) in [4.78, 5) is 38.1. The van der Waals surface area contributed by atoms with Crippen LogP contribution in [0.1, 0.15) is 45.1 Å². The Labute approximate surface area is 148 Å². The highest BCUT2D eigenvalue weighted by molar-refractivity contribution is 7.16. The van der Waals surface area contributed by atoms with Crippen molar-refractivity contribution in [3.8, 4) is 0 Å². The molecule has 1 fully saturated rings. The van der Waals surface area contributed by atoms with E-state index in [1.54, 1.807) is 18.2 Å². The largest absolute Gasteiger partial charge is 0.345 e. The van der Waals surface area contributed by atoms with Crippen LogP contribution in [-0.2, 0) is 16.1 Å². The third-order valence-electron chi connectivity index (χ3n) is 3.95. The smallest absolute Gasteiger partial charge is 0.309 e. The van der Waals surface area contributed by atoms with Gasteiger partial charge in [-0.05, 0) is 36.4 Å². The first-order chi connectivity index (χ1) is 11.6. The van der Waals surface area contributed by atoms with Gasteiger partial charge < -0.3 is 10.6 Å². The Bertz CT molecular complexity index is 731. The van der Waals surface area contributed by atoms with E-state index >= 15 is 0 Å². The third kappa shape index (κ3) is 4.10. The summed E-state index contributed by atoms with van der Waals surface area (Å²) in [6.07, 6.45) is 4.09. The normalized spacial score (nSPS) is 14.5. The zero-order valence-corrected chi connectivity index (χ0v) is 14.7. The second kappa shape index (κ2) is 7.72. The Kier molecular flexibility index (Phi) is 5.42. The SMILES string of the molecule is O=C(NCc1ccc(C(=O)c2cccs2)s1)C(=O)NC1CCCC1. The summed E-state index contributed by atoms with van der Waals surface area (Å²) in [5.41, 5.74) is 0. The Morgan fingerprint density at radius 1 is 1.04 bits per heavy atom. The van der Waals surface area contributed by atoms with Gasteiger partial charge in [0, 0.05) is 10.9 Å². The van der Waals surface area contributed by atoms with E-state index in [0.29, 0.717) is 9.75 Å². The van der Waals surface area contributed by atoms with Crippen LogP contribution in [0.15, 0.2) is 29.6 Å². The summed E-state index contributed by atoms with van der Waals surface area (Å²) < 4.78 is 0. The number of carbonyl (C=O) groups is 3. The van der Waals surface area contributed by atoms with E-state index in [0.717, 1.165) is 30.6 Å². The molecule has 0 spiro atoms. The van der Waals surface area contributed by atoms with E-state index < -0.39 is 11.8 Å². The van der Waals surface area contributed by atoms with E-state index in [1.165, 1.54) is 22.7 Å². The maximum absolute atomic E-state index is 12.2. The molecular formula is C17H18N2O3S2. The molecule has 1 aliphatic rings. The van der Waals surface area contributed by atoms with Crippen molar-refractivity contribution in [1.29, 1.82) is 0 Å². The van der Waals surface area contributed by atoms with Crippen LogP contribution in [0.4, 0.5) is 0 Å². The van der Waals surface area contributed by atoms with Crippen molar-refractivity contribution in [3.63, 3.8) is 0 Å². The first kappa shape index (κ1) is 16.9. The molecule has 5 nitrogen and oxygen atoms in total. The van der Waals surface area contributed by atoms with Crippen molar-refractivity contribution in [2.45, 2.75) is 38.3 Å². The molecule has 126 valence electrons. The first-order valence-corrected chi connectivity index (χ1v) is 9.58. The monoisotopic (exact) mass is 362 g/mol. The zero-order chi connectivity index (χ0) is 16.9. The fourth-order valence-corrected chi connectivity index (χ4v) is 4.34. The first-order valence-electron chi connectivity index (χ1n) is 7.89. The minimum atomic E-state index is -0.624. The van der Waals surface area contributed by atoms with E-state index in [2.05, 4.69) is 10.6 Å². The van der Waals surface area contributed by atoms with Gasteiger partial charge in [0.05, 0.1) is 16.3 Å². The van der Waals surface area contributed by atoms with Crippen LogP contribution < -0.4 is 10.6 Å². The molecule has 0 aliphatic heterocycles. The molecule has 0 atom stereocenters. The van der Waals surface area contributed by atoms with Crippen LogP contribution in [0.3, 0.4) is 0 Å². The number of hydrogen-bond acceptors (Lipinski definition) is 5. The molecule has 2 N–H and O–H groups in total. The Morgan fingerprint density at radius 2 is 1.83 bits per heavy atom. The number of carbonyl (C=O) groups excluding carboxylic acids is 3. The summed E-state index contributed by atoms with van der Waals surface area (Å²) in [6, 6.07) is 7.32. The third-order valence-corrected chi connectivity index (χ3v) is 5.90. The van der Waals surface area contributed by atoms with Gasteiger partial charge in [0.1, 0.15) is 0 Å². The lowest BCUT2D eigenvalue weighted by Gasteiger charge is -2.11. The summed E-state index contributed by atoms with van der Waals surface area (Å²) >= 11 is 2.74. The molecular weight excluding hydrogens is 344 g/mol. The van der Waals surface area contributed by atoms with Gasteiger partial charge in [-0.2, -0.15) is 0 Å². The number of rotatable bonds is 5. The molecule has 24 heavy (non-hydrogen) atoms. The molecule has 2 aromatic heterocycles. The quantitative estimate of drug-likeness (QED) is 0.634. The average molecular weight is 362 g/mol. The fourth-order valence-electron chi connectivity index (χ4n) is 2.69. The maximum atomic E-state index is 12.2. The predicted molar refractivity (Wildman–Crippen MR) is 94.3 cm³/mol. The summed E-state index contributed by atoms with van der Waals surface area (Å²) in [5, 5.41) is 7.23. The van der Waals surface area contributed by atoms with Crippen LogP contribution in [0, 0.1) is 0 Å². The highest BCUT2D eigenvalue weighted by atomic mass is 32.1. The van der Waals surface area contributed by atoms with Crippen molar-refractivity contribution >= 4 is 40.3 Å². The Morgan fingerprint density at radius 3 is 2.54 bits per heavy atom. The molecule has 0 bridgehead atoms. The highest BCUT2D eigenvalue weighted by Gasteiger charge is 2.21. The molecule has 1 aliphatic carbocycles. The number of amides is 2. The van der Waals surface area contributed by atoms with E-state index in [4.69, 9.17) is 0 Å². The van der Waals surface area contributed by atoms with Gasteiger partial charge in [-0.25, -0.2) is 0 Å². The van der Waals surface area contributed by atoms with Gasteiger partial charge in [0.15, 0.2) is 0 Å². The van der Waals surface area contributed by atoms with Gasteiger partial charge in [-0.3, -0.25) is 14.4 Å². The van der Waals surface area contributed by atoms with Crippen LogP contribution in [-0.4, -0.2) is 23.6 Å². The molecule has 0 saturated heterocycles. The second-order valence-corrected chi connectivity index (χ2v) is 7.83. The van der Waals surface area contributed by atoms with E-state index in [-0.39, 0.29) is 18.4 Å². The topological polar surface area (TPSA) is 75.3 Å². The van der Waals surface area contributed by atoms with Crippen molar-refractivity contribution in [1.82, 2.24) is 10.6 Å². The Hall–Kier alpha value is -1.99. The number of nitrogens with one attached hydrogen (secondary N) is 2. The van der Waals surface area contributed by atoms with Crippen molar-refractivity contribution in [2.75, 3.05) is 0 Å². The summed E-state index contributed by atoms with van der Waals surface area (Å²) in [7, 11) is 0. The molecule has 0 unspecified atom stereocenters. The minimum absolute atomic E-state index is 0.00782. The molecule has 3 rings (SSSR count). The van der Waals surface area contributed by atoms with E-state index in [9.17, 15) is 14.4 Å². The second-order valence-electron chi connectivity index (χ2n) is 5.71. The number of ketones is 1. The van der Waals surface area contributed by atoms with Crippen LogP contribution >= 0.6 is 22.7 Å². The zero-order valence-electron chi connectivity index (χ0n) is 13.0. The fraction of sp³-hybridized carbons (Fsp3) is 0.353. The standard InChI is InChI=1S/C17H18N2O3S2/c20-15(13-6-3-9-23-13)14-8-7-12(24-14)10-18-16(21)17(22)19-11-4-1-2-5-11/h3,6-9,11H,1-2,4-5,10H2,(H,18,21)(H,19,22). The highest BCUT2D eigenvalue weighted by Crippen LogP contribution is 2.22. The summed E-state index contributed by atoms with van der Waals surface area (Å²) in [5.74, 6) is -1.21. The van der Waals surface area contributed by atoms with Gasteiger partial charge in [-0.1, -0.05) is 18.9 Å². The van der Waals surface area contributed by atoms with Crippen molar-refractivity contribution in [3.05, 3.63) is 44.3 Å². The van der Waals surface area contributed by atoms with Gasteiger partial charge in [0.25, 0.3) is 0 Å². The average Bonchev–Trinajstić information content (AvgIpc) is 3.33. The molecule has 2 heterocycles. The number of hydrogen-bond donors (Lipinski definition) is 2. The minimum Gasteiger partial charge on any atom is -0.345 e. The summed E-state index contributed by atoms with van der Waals surface area (Å²) in [6.45, 7) is 0.249. The van der Waals surface area contributed by atoms with Gasteiger partial charge >= 0.3 is 11.8 Å². The Balaban J connectivity index is 1.50. The van der Waals surface area contributed by atoms with Crippen LogP contribution in [0.5, 0.6) is 0 Å². The molecule has 0 aromatic carbocycles.